The summed E-state index contributed by atoms with van der Waals surface area (Å²) in [5.74, 6) is -0.0495. The van der Waals surface area contributed by atoms with Gasteiger partial charge in [-0.1, -0.05) is 72.8 Å². The molecule has 0 bridgehead atoms. The molecule has 1 N–H and O–H groups in total. The number of ketones is 1. The van der Waals surface area contributed by atoms with Gasteiger partial charge in [0, 0.05) is 17.1 Å². The number of nitrogens with one attached hydrogen (secondary N) is 1. The van der Waals surface area contributed by atoms with E-state index in [1.165, 1.54) is 0 Å². The Morgan fingerprint density at radius 2 is 1.61 bits per heavy atom. The summed E-state index contributed by atoms with van der Waals surface area (Å²) in [6, 6.07) is 27.3. The van der Waals surface area contributed by atoms with Crippen molar-refractivity contribution in [1.82, 2.24) is 9.55 Å². The zero-order valence-electron chi connectivity index (χ0n) is 19.6. The van der Waals surface area contributed by atoms with Gasteiger partial charge in [0.2, 0.25) is 18.0 Å². The second kappa shape index (κ2) is 11.6. The summed E-state index contributed by atoms with van der Waals surface area (Å²) in [4.78, 5) is 29.6. The number of carbonyl (C=O) groups excluding carboxylic acids is 2. The molecular weight excluding hydrogens is 516 g/mol. The number of fused-ring (bicyclic) bond motifs is 1. The van der Waals surface area contributed by atoms with Gasteiger partial charge in [0.15, 0.2) is 6.54 Å². The molecule has 0 aliphatic heterocycles. The Hall–Kier alpha value is -4.10. The Labute approximate surface area is 220 Å². The van der Waals surface area contributed by atoms with Gasteiger partial charge in [-0.25, -0.2) is 9.13 Å². The van der Waals surface area contributed by atoms with E-state index in [1.54, 1.807) is 6.20 Å². The van der Waals surface area contributed by atoms with Crippen LogP contribution >= 0.6 is 17.0 Å². The number of benzene rings is 3. The first-order valence-corrected chi connectivity index (χ1v) is 11.5. The summed E-state index contributed by atoms with van der Waals surface area (Å²) < 4.78 is 3.74. The van der Waals surface area contributed by atoms with Crippen LogP contribution in [0.2, 0.25) is 0 Å². The van der Waals surface area contributed by atoms with E-state index in [4.69, 9.17) is 0 Å². The van der Waals surface area contributed by atoms with Gasteiger partial charge in [-0.3, -0.25) is 14.6 Å². The average Bonchev–Trinajstić information content (AvgIpc) is 3.35. The SMILES string of the molecule is Br.O=C(CCn1cc[n+](CC(=O)c2ccc(-c3ccccc3)cc2)c1)Nc1cccc2cccnc12. The summed E-state index contributed by atoms with van der Waals surface area (Å²) >= 11 is 0. The molecule has 6 nitrogen and oxygen atoms in total. The first-order chi connectivity index (χ1) is 17.2. The zero-order chi connectivity index (χ0) is 24.0. The highest BCUT2D eigenvalue weighted by Crippen LogP contribution is 2.21. The molecule has 0 aliphatic carbocycles. The topological polar surface area (TPSA) is 67.9 Å². The van der Waals surface area contributed by atoms with Crippen molar-refractivity contribution >= 4 is 45.3 Å². The maximum absolute atomic E-state index is 12.7. The van der Waals surface area contributed by atoms with Crippen molar-refractivity contribution in [3.8, 4) is 11.1 Å². The van der Waals surface area contributed by atoms with Gasteiger partial charge in [-0.2, -0.15) is 0 Å². The summed E-state index contributed by atoms with van der Waals surface area (Å²) in [6.45, 7) is 0.753. The van der Waals surface area contributed by atoms with E-state index >= 15 is 0 Å². The van der Waals surface area contributed by atoms with Gasteiger partial charge < -0.3 is 5.32 Å². The fraction of sp³-hybridized carbons (Fsp3) is 0.103. The standard InChI is InChI=1S/C29H24N4O2.BrH/c34-27(24-13-11-23(12-14-24)22-6-2-1-3-7-22)20-33-19-18-32(21-33)17-15-28(35)31-26-10-4-8-25-9-5-16-30-29(25)26;/h1-14,16,18-19,21H,15,17,20H2;1H/p+1. The predicted octanol–water partition coefficient (Wildman–Crippen LogP) is 5.48. The number of hydrogen-bond donors (Lipinski definition) is 1. The summed E-state index contributed by atoms with van der Waals surface area (Å²) in [5.41, 5.74) is 4.36. The highest BCUT2D eigenvalue weighted by Gasteiger charge is 2.13. The molecule has 3 aromatic carbocycles. The molecule has 0 radical (unpaired) electrons. The maximum atomic E-state index is 12.7. The molecule has 2 heterocycles. The number of halogens is 1. The lowest BCUT2D eigenvalue weighted by Crippen LogP contribution is -2.35. The number of aryl methyl sites for hydroxylation is 1. The highest BCUT2D eigenvalue weighted by atomic mass is 79.9. The second-order valence-electron chi connectivity index (χ2n) is 8.37. The number of Topliss-reactive ketones (excluding diaryl/α,β-unsaturated/α-hetero) is 1. The van der Waals surface area contributed by atoms with Crippen molar-refractivity contribution < 1.29 is 14.2 Å². The van der Waals surface area contributed by atoms with E-state index in [9.17, 15) is 9.59 Å². The Bertz CT molecular complexity index is 1480. The van der Waals surface area contributed by atoms with Gasteiger partial charge in [-0.15, -0.1) is 17.0 Å². The molecule has 0 saturated carbocycles. The fourth-order valence-electron chi connectivity index (χ4n) is 4.05. The number of amides is 1. The van der Waals surface area contributed by atoms with Crippen LogP contribution in [0.5, 0.6) is 0 Å². The Kier molecular flexibility index (Phi) is 8.02. The summed E-state index contributed by atoms with van der Waals surface area (Å²) in [6.07, 6.45) is 7.60. The molecule has 5 rings (SSSR count). The van der Waals surface area contributed by atoms with E-state index in [2.05, 4.69) is 22.4 Å². The number of anilines is 1. The smallest absolute Gasteiger partial charge is 0.244 e. The van der Waals surface area contributed by atoms with Crippen LogP contribution in [-0.2, 0) is 17.9 Å². The van der Waals surface area contributed by atoms with Crippen molar-refractivity contribution in [2.24, 2.45) is 0 Å². The quantitative estimate of drug-likeness (QED) is 0.209. The number of pyridine rings is 1. The molecule has 36 heavy (non-hydrogen) atoms. The van der Waals surface area contributed by atoms with Crippen LogP contribution < -0.4 is 9.88 Å². The largest absolute Gasteiger partial charge is 0.324 e. The summed E-state index contributed by atoms with van der Waals surface area (Å²) in [5, 5.41) is 3.94. The minimum atomic E-state index is -0.0852. The number of rotatable bonds is 8. The third kappa shape index (κ3) is 5.93. The van der Waals surface area contributed by atoms with E-state index in [0.717, 1.165) is 22.0 Å². The first kappa shape index (κ1) is 25.0. The van der Waals surface area contributed by atoms with Crippen LogP contribution in [0.3, 0.4) is 0 Å². The molecule has 0 spiro atoms. The average molecular weight is 542 g/mol. The molecule has 0 unspecified atom stereocenters. The number of aromatic nitrogens is 3. The Morgan fingerprint density at radius 1 is 0.861 bits per heavy atom. The Morgan fingerprint density at radius 3 is 2.42 bits per heavy atom. The minimum absolute atomic E-state index is 0. The van der Waals surface area contributed by atoms with Gasteiger partial charge in [0.05, 0.1) is 24.2 Å². The van der Waals surface area contributed by atoms with Crippen molar-refractivity contribution in [3.05, 3.63) is 115 Å². The van der Waals surface area contributed by atoms with Crippen LogP contribution in [0.4, 0.5) is 5.69 Å². The summed E-state index contributed by atoms with van der Waals surface area (Å²) in [7, 11) is 0. The Balaban J connectivity index is 0.00000304. The van der Waals surface area contributed by atoms with Gasteiger partial charge >= 0.3 is 0 Å². The molecule has 0 saturated heterocycles. The van der Waals surface area contributed by atoms with E-state index in [0.29, 0.717) is 24.2 Å². The molecule has 180 valence electrons. The monoisotopic (exact) mass is 541 g/mol. The number of imidazole rings is 1. The number of nitrogens with zero attached hydrogens (tertiary/aromatic N) is 3. The van der Waals surface area contributed by atoms with Crippen molar-refractivity contribution in [1.29, 1.82) is 0 Å². The lowest BCUT2D eigenvalue weighted by atomic mass is 10.0. The molecule has 0 fully saturated rings. The fourth-order valence-corrected chi connectivity index (χ4v) is 4.05. The molecule has 5 aromatic rings. The molecular formula is C29H26BrN4O2+. The van der Waals surface area contributed by atoms with Crippen LogP contribution in [0.15, 0.2) is 110 Å². The number of hydrogen-bond acceptors (Lipinski definition) is 3. The van der Waals surface area contributed by atoms with Crippen molar-refractivity contribution in [3.63, 3.8) is 0 Å². The van der Waals surface area contributed by atoms with E-state index in [-0.39, 0.29) is 35.2 Å². The highest BCUT2D eigenvalue weighted by molar-refractivity contribution is 8.93. The van der Waals surface area contributed by atoms with Crippen LogP contribution in [0, 0.1) is 0 Å². The van der Waals surface area contributed by atoms with E-state index in [1.807, 2.05) is 101 Å². The van der Waals surface area contributed by atoms with Crippen LogP contribution in [0.1, 0.15) is 16.8 Å². The number of para-hydroxylation sites is 1. The van der Waals surface area contributed by atoms with Crippen LogP contribution in [-0.4, -0.2) is 21.2 Å². The number of carbonyl (C=O) groups is 2. The van der Waals surface area contributed by atoms with E-state index < -0.39 is 0 Å². The molecule has 0 atom stereocenters. The third-order valence-electron chi connectivity index (χ3n) is 5.89. The van der Waals surface area contributed by atoms with Gasteiger partial charge in [0.1, 0.15) is 12.4 Å². The first-order valence-electron chi connectivity index (χ1n) is 11.5. The molecule has 1 amide bonds. The molecule has 0 aliphatic rings. The minimum Gasteiger partial charge on any atom is -0.324 e. The second-order valence-corrected chi connectivity index (χ2v) is 8.37. The van der Waals surface area contributed by atoms with Crippen molar-refractivity contribution in [2.75, 3.05) is 5.32 Å². The van der Waals surface area contributed by atoms with Crippen LogP contribution in [0.25, 0.3) is 22.0 Å². The third-order valence-corrected chi connectivity index (χ3v) is 5.89. The zero-order valence-corrected chi connectivity index (χ0v) is 21.3. The maximum Gasteiger partial charge on any atom is 0.244 e. The lowest BCUT2D eigenvalue weighted by Gasteiger charge is -2.07. The normalized spacial score (nSPS) is 10.6. The molecule has 7 heteroatoms. The van der Waals surface area contributed by atoms with Crippen molar-refractivity contribution in [2.45, 2.75) is 19.5 Å². The van der Waals surface area contributed by atoms with Gasteiger partial charge in [-0.05, 0) is 23.3 Å². The molecule has 2 aromatic heterocycles. The van der Waals surface area contributed by atoms with Gasteiger partial charge in [0.25, 0.3) is 0 Å². The lowest BCUT2D eigenvalue weighted by molar-refractivity contribution is -0.682. The predicted molar refractivity (Wildman–Crippen MR) is 146 cm³/mol.